The second-order valence-corrected chi connectivity index (χ2v) is 40.8. The Morgan fingerprint density at radius 3 is 1.18 bits per heavy atom. The average Bonchev–Trinajstić information content (AvgIpc) is 1.66. The van der Waals surface area contributed by atoms with Crippen molar-refractivity contribution in [3.05, 3.63) is 235 Å². The molecule has 0 bridgehead atoms. The first-order valence-corrected chi connectivity index (χ1v) is 44.3. The number of piperidine rings is 3. The summed E-state index contributed by atoms with van der Waals surface area (Å²) in [6, 6.07) is 29.3. The van der Waals surface area contributed by atoms with Gasteiger partial charge in [0.1, 0.15) is 0 Å². The highest BCUT2D eigenvalue weighted by Gasteiger charge is 2.52. The fourth-order valence-electron chi connectivity index (χ4n) is 15.9. The molecule has 115 heavy (non-hydrogen) atoms. The van der Waals surface area contributed by atoms with Crippen LogP contribution >= 0.6 is 129 Å². The molecule has 3 aliphatic heterocycles. The third-order valence-electron chi connectivity index (χ3n) is 21.9. The monoisotopic (exact) mass is 1800 g/mol. The Balaban J connectivity index is 0.000000146. The Morgan fingerprint density at radius 2 is 0.783 bits per heavy atom. The lowest BCUT2D eigenvalue weighted by Crippen LogP contribution is -2.48. The van der Waals surface area contributed by atoms with E-state index < -0.39 is 22.0 Å². The van der Waals surface area contributed by atoms with Gasteiger partial charge in [0.05, 0.1) is 88.4 Å². The maximum absolute atomic E-state index is 13.2. The zero-order chi connectivity index (χ0) is 78.4. The van der Waals surface area contributed by atoms with Gasteiger partial charge in [-0.2, -0.15) is 0 Å². The van der Waals surface area contributed by atoms with Gasteiger partial charge in [-0.25, -0.2) is 47.8 Å². The molecular formula is C82H92Cl8N18O2S5. The van der Waals surface area contributed by atoms with Crippen molar-refractivity contribution in [1.82, 2.24) is 72.8 Å². The van der Waals surface area contributed by atoms with E-state index in [4.69, 9.17) is 102 Å². The second kappa shape index (κ2) is 37.0. The fraction of sp³-hybridized carbons (Fsp3) is 0.378. The summed E-state index contributed by atoms with van der Waals surface area (Å²) >= 11 is 47.9. The van der Waals surface area contributed by atoms with Gasteiger partial charge >= 0.3 is 0 Å². The third-order valence-corrected chi connectivity index (χ3v) is 31.3. The predicted molar refractivity (Wildman–Crippen MR) is 477 cm³/mol. The summed E-state index contributed by atoms with van der Waals surface area (Å²) < 4.78 is 38.0. The number of hydrogen-bond donors (Lipinski definition) is 4. The minimum atomic E-state index is -1.18. The maximum Gasteiger partial charge on any atom is 0.211 e. The lowest BCUT2D eigenvalue weighted by Gasteiger charge is -2.44. The predicted octanol–water partition coefficient (Wildman–Crippen LogP) is 20.6. The highest BCUT2D eigenvalue weighted by molar-refractivity contribution is 8.00. The van der Waals surface area contributed by atoms with Crippen LogP contribution in [0, 0.1) is 16.2 Å². The van der Waals surface area contributed by atoms with E-state index in [-0.39, 0.29) is 71.1 Å². The molecule has 20 nitrogen and oxygen atoms in total. The van der Waals surface area contributed by atoms with Crippen LogP contribution in [0.25, 0.3) is 16.9 Å². The van der Waals surface area contributed by atoms with Crippen LogP contribution in [0.4, 0.5) is 11.9 Å². The second-order valence-electron chi connectivity index (χ2n) is 30.9. The molecule has 0 unspecified atom stereocenters. The van der Waals surface area contributed by atoms with Crippen molar-refractivity contribution in [2.75, 3.05) is 49.1 Å². The molecule has 608 valence electrons. The van der Waals surface area contributed by atoms with Gasteiger partial charge in [-0.1, -0.05) is 156 Å². The number of halogens is 8. The molecule has 3 aliphatic carbocycles. The number of nitrogens with zero attached hydrogens (tertiary/aromatic N) is 14. The third kappa shape index (κ3) is 18.4. The van der Waals surface area contributed by atoms with E-state index in [1.165, 1.54) is 57.7 Å². The number of aromatic nitrogens is 12. The molecule has 0 radical (unpaired) electrons. The van der Waals surface area contributed by atoms with Crippen LogP contribution in [0.2, 0.25) is 35.4 Å². The number of imidazole rings is 3. The first kappa shape index (κ1) is 88.4. The fourth-order valence-corrected chi connectivity index (χ4v) is 22.1. The molecule has 9 aromatic heterocycles. The Bertz CT molecular complexity index is 5510. The molecule has 0 amide bonds. The number of rotatable bonds is 12. The highest BCUT2D eigenvalue weighted by Crippen LogP contribution is 2.55. The molecule has 3 fully saturated rings. The minimum absolute atomic E-state index is 0. The summed E-state index contributed by atoms with van der Waals surface area (Å²) in [5, 5.41) is 6.99. The van der Waals surface area contributed by atoms with E-state index in [2.05, 4.69) is 77.1 Å². The van der Waals surface area contributed by atoms with E-state index in [0.717, 1.165) is 167 Å². The first-order chi connectivity index (χ1) is 53.8. The van der Waals surface area contributed by atoms with Crippen LogP contribution in [0.3, 0.4) is 0 Å². The van der Waals surface area contributed by atoms with Gasteiger partial charge in [0.25, 0.3) is 0 Å². The van der Waals surface area contributed by atoms with Crippen molar-refractivity contribution in [2.24, 2.45) is 22.0 Å². The van der Waals surface area contributed by atoms with Gasteiger partial charge in [-0.05, 0) is 212 Å². The molecule has 18 rings (SSSR count). The molecule has 3 aromatic carbocycles. The van der Waals surface area contributed by atoms with E-state index in [1.54, 1.807) is 47.4 Å². The molecule has 3 saturated heterocycles. The van der Waals surface area contributed by atoms with Crippen LogP contribution in [-0.4, -0.2) is 115 Å². The SMILES string of the molecule is C.C.CC(C)(C)[S@@](=O)N[C@H]1c2cccnc2CC12CCN(c1ncc(Sc3cccc(Cl)c3Cl)c3nccn13)CC2.CC(C)(C)[S@@](=O)N[C@H]1c2cccnc2CC12CCNCC2.Cl.Clc1cccc(Sc2cnc(Cl)n3ccnc23)c1Cl.N[C@H]1c2cccnc2CC12CCN(c1ncc(Sc3cccc(Cl)c3Cl)c3nccn13)CC2. The van der Waals surface area contributed by atoms with Gasteiger partial charge in [-0.15, -0.1) is 12.4 Å². The molecule has 12 aromatic rings. The van der Waals surface area contributed by atoms with Crippen molar-refractivity contribution >= 4 is 180 Å². The van der Waals surface area contributed by atoms with Crippen LogP contribution in [-0.2, 0) is 41.2 Å². The number of nitrogens with one attached hydrogen (secondary N) is 3. The molecule has 12 heterocycles. The summed E-state index contributed by atoms with van der Waals surface area (Å²) in [7, 11) is -2.24. The number of hydrogen-bond acceptors (Lipinski definition) is 18. The van der Waals surface area contributed by atoms with Crippen molar-refractivity contribution in [1.29, 1.82) is 0 Å². The Labute approximate surface area is 731 Å². The Morgan fingerprint density at radius 1 is 0.435 bits per heavy atom. The summed E-state index contributed by atoms with van der Waals surface area (Å²) in [6.07, 6.45) is 31.0. The zero-order valence-corrected chi connectivity index (χ0v) is 72.9. The normalized spacial score (nSPS) is 18.7. The first-order valence-electron chi connectivity index (χ1n) is 36.9. The van der Waals surface area contributed by atoms with Crippen LogP contribution in [0.15, 0.2) is 195 Å². The van der Waals surface area contributed by atoms with Gasteiger partial charge in [0.15, 0.2) is 16.9 Å². The topological polar surface area (TPSA) is 232 Å². The van der Waals surface area contributed by atoms with E-state index in [0.29, 0.717) is 35.4 Å². The Hall–Kier alpha value is -5.92. The molecule has 5 atom stereocenters. The van der Waals surface area contributed by atoms with Crippen molar-refractivity contribution < 1.29 is 8.42 Å². The highest BCUT2D eigenvalue weighted by atomic mass is 35.5. The van der Waals surface area contributed by atoms with Gasteiger partial charge in [0.2, 0.25) is 17.2 Å². The molecule has 33 heteroatoms. The number of fused-ring (bicyclic) bond motifs is 6. The van der Waals surface area contributed by atoms with Gasteiger partial charge < -0.3 is 20.9 Å². The van der Waals surface area contributed by atoms with Gasteiger partial charge in [-0.3, -0.25) is 28.2 Å². The van der Waals surface area contributed by atoms with E-state index >= 15 is 0 Å². The molecular weight excluding hydrogens is 1710 g/mol. The maximum atomic E-state index is 13.2. The number of anilines is 2. The van der Waals surface area contributed by atoms with Crippen molar-refractivity contribution in [2.45, 2.75) is 171 Å². The van der Waals surface area contributed by atoms with Crippen LogP contribution < -0.4 is 30.3 Å². The molecule has 6 aliphatic rings. The Kier molecular flexibility index (Phi) is 28.4. The summed E-state index contributed by atoms with van der Waals surface area (Å²) in [6.45, 7) is 17.6. The number of benzene rings is 3. The summed E-state index contributed by atoms with van der Waals surface area (Å²) in [5.74, 6) is 1.77. The minimum Gasteiger partial charge on any atom is -0.342 e. The molecule has 3 spiro atoms. The van der Waals surface area contributed by atoms with Crippen LogP contribution in [0.1, 0.15) is 147 Å². The summed E-state index contributed by atoms with van der Waals surface area (Å²) in [4.78, 5) is 51.2. The smallest absolute Gasteiger partial charge is 0.211 e. The van der Waals surface area contributed by atoms with Crippen molar-refractivity contribution in [3.8, 4) is 0 Å². The van der Waals surface area contributed by atoms with Crippen LogP contribution in [0.5, 0.6) is 0 Å². The zero-order valence-electron chi connectivity index (χ0n) is 62.7. The molecule has 0 saturated carbocycles. The standard InChI is InChI=1S/C28H30Cl2N6OS2.C24H22Cl2N6S.C16H25N3OS.C12H6Cl3N3S.2CH4.ClH/c1-27(2,3)39(37)34-24-18-6-5-11-31-20(18)16-28(24)9-13-35(14-10-28)26-33-17-22(25-32-12-15-36(25)26)38-21-8-4-7-19(29)23(21)30;25-16-4-1-5-18(20(16)26)33-19-14-30-23(32-12-9-29-22(19)32)31-10-6-24(7-11-31)13-17-15(21(24)27)3-2-8-28-17;1-15(2,3)21(20)19-14-12-5-4-8-18-13(12)11-16(14)6-9-17-10-7-16;13-7-2-1-3-8(10(7)14)19-9-6-17-12(15)18-5-4-16-11(9)18;;;/h4-8,11-12,15,17,24,34H,9-10,13-14,16H2,1-3H3;1-5,8-9,12,14,21H,6-7,10-11,13,27H2;4-5,8,14,17,19H,6-7,9-11H2,1-3H3;1-6H;2*1H4;1H/t24-,39+;21-;14-,21+;;;;/m000..../s1. The molecule has 5 N–H and O–H groups in total. The average molecular weight is 1810 g/mol. The number of nitrogens with two attached hydrogens (primary N) is 1. The van der Waals surface area contributed by atoms with Gasteiger partial charge in [0, 0.05) is 138 Å². The summed E-state index contributed by atoms with van der Waals surface area (Å²) in [5.41, 5.74) is 16.5. The lowest BCUT2D eigenvalue weighted by atomic mass is 9.73. The van der Waals surface area contributed by atoms with E-state index in [1.807, 2.05) is 150 Å². The quantitative estimate of drug-likeness (QED) is 0.0833. The lowest BCUT2D eigenvalue weighted by molar-refractivity contribution is 0.164. The largest absolute Gasteiger partial charge is 0.342 e. The van der Waals surface area contributed by atoms with Crippen molar-refractivity contribution in [3.63, 3.8) is 0 Å². The number of pyridine rings is 3. The van der Waals surface area contributed by atoms with E-state index in [9.17, 15) is 8.42 Å².